The maximum atomic E-state index is 12.2. The highest BCUT2D eigenvalue weighted by molar-refractivity contribution is 5.81. The molecule has 0 amide bonds. The molecule has 2 rings (SSSR count). The number of hydrogen-bond acceptors (Lipinski definition) is 5. The number of ether oxygens (including phenoxy) is 2. The van der Waals surface area contributed by atoms with E-state index < -0.39 is 11.7 Å². The maximum Gasteiger partial charge on any atom is 0.435 e. The van der Waals surface area contributed by atoms with Gasteiger partial charge in [0.25, 0.3) is 0 Å². The molecule has 1 aromatic carbocycles. The van der Waals surface area contributed by atoms with Crippen LogP contribution in [0.25, 0.3) is 11.1 Å². The summed E-state index contributed by atoms with van der Waals surface area (Å²) in [4.78, 5) is 12.2. The summed E-state index contributed by atoms with van der Waals surface area (Å²) in [5.41, 5.74) is 7.60. The molecule has 0 bridgehead atoms. The summed E-state index contributed by atoms with van der Waals surface area (Å²) in [7, 11) is 1.61. The van der Waals surface area contributed by atoms with Crippen molar-refractivity contribution in [2.75, 3.05) is 12.8 Å². The molecular formula is C16H21N3O3. The predicted molar refractivity (Wildman–Crippen MR) is 85.0 cm³/mol. The molecule has 0 aliphatic carbocycles. The van der Waals surface area contributed by atoms with Crippen LogP contribution in [0.1, 0.15) is 26.5 Å². The Kier molecular flexibility index (Phi) is 4.12. The van der Waals surface area contributed by atoms with Crippen molar-refractivity contribution in [2.45, 2.75) is 33.3 Å². The summed E-state index contributed by atoms with van der Waals surface area (Å²) < 4.78 is 11.7. The zero-order valence-corrected chi connectivity index (χ0v) is 13.5. The van der Waals surface area contributed by atoms with Gasteiger partial charge in [0.05, 0.1) is 12.8 Å². The van der Waals surface area contributed by atoms with E-state index in [1.165, 1.54) is 4.68 Å². The highest BCUT2D eigenvalue weighted by atomic mass is 16.6. The highest BCUT2D eigenvalue weighted by Crippen LogP contribution is 2.30. The summed E-state index contributed by atoms with van der Waals surface area (Å²) in [5.74, 6) is 1.04. The molecule has 2 N–H and O–H groups in total. The van der Waals surface area contributed by atoms with Gasteiger partial charge in [-0.25, -0.2) is 4.79 Å². The van der Waals surface area contributed by atoms with Crippen LogP contribution in [0.2, 0.25) is 0 Å². The molecule has 0 saturated heterocycles. The SMILES string of the molecule is COc1ccc(-c2c(N)nn(C(=O)OC(C)(C)C)c2C)cc1. The van der Waals surface area contributed by atoms with Gasteiger partial charge in [0, 0.05) is 5.56 Å². The molecule has 0 unspecified atom stereocenters. The van der Waals surface area contributed by atoms with Crippen LogP contribution in [-0.4, -0.2) is 28.6 Å². The van der Waals surface area contributed by atoms with E-state index >= 15 is 0 Å². The van der Waals surface area contributed by atoms with E-state index in [0.29, 0.717) is 11.3 Å². The number of rotatable bonds is 2. The van der Waals surface area contributed by atoms with Crippen LogP contribution in [0, 0.1) is 6.92 Å². The fourth-order valence-electron chi connectivity index (χ4n) is 2.12. The van der Waals surface area contributed by atoms with Crippen molar-refractivity contribution in [2.24, 2.45) is 0 Å². The van der Waals surface area contributed by atoms with Crippen molar-refractivity contribution in [3.63, 3.8) is 0 Å². The first kappa shape index (κ1) is 15.9. The monoisotopic (exact) mass is 303 g/mol. The fraction of sp³-hybridized carbons (Fsp3) is 0.375. The minimum absolute atomic E-state index is 0.286. The second-order valence-electron chi connectivity index (χ2n) is 5.97. The van der Waals surface area contributed by atoms with Crippen LogP contribution >= 0.6 is 0 Å². The minimum atomic E-state index is -0.593. The van der Waals surface area contributed by atoms with E-state index in [9.17, 15) is 4.79 Å². The van der Waals surface area contributed by atoms with Gasteiger partial charge in [-0.3, -0.25) is 0 Å². The normalized spacial score (nSPS) is 11.3. The van der Waals surface area contributed by atoms with Crippen LogP contribution < -0.4 is 10.5 Å². The summed E-state index contributed by atoms with van der Waals surface area (Å²) in [6.45, 7) is 7.19. The Balaban J connectivity index is 2.40. The lowest BCUT2D eigenvalue weighted by Crippen LogP contribution is -2.28. The van der Waals surface area contributed by atoms with Crippen molar-refractivity contribution in [3.8, 4) is 16.9 Å². The molecule has 0 aliphatic rings. The smallest absolute Gasteiger partial charge is 0.435 e. The Morgan fingerprint density at radius 2 is 1.82 bits per heavy atom. The summed E-state index contributed by atoms with van der Waals surface area (Å²) in [6.07, 6.45) is -0.545. The van der Waals surface area contributed by atoms with Gasteiger partial charge in [-0.05, 0) is 45.4 Å². The lowest BCUT2D eigenvalue weighted by molar-refractivity contribution is 0.0511. The molecule has 0 fully saturated rings. The molecule has 6 heteroatoms. The van der Waals surface area contributed by atoms with Gasteiger partial charge in [0.1, 0.15) is 11.4 Å². The largest absolute Gasteiger partial charge is 0.497 e. The first-order valence-electron chi connectivity index (χ1n) is 6.96. The minimum Gasteiger partial charge on any atom is -0.497 e. The van der Waals surface area contributed by atoms with Crippen molar-refractivity contribution < 1.29 is 14.3 Å². The third-order valence-electron chi connectivity index (χ3n) is 3.09. The number of nitrogen functional groups attached to an aromatic ring is 1. The van der Waals surface area contributed by atoms with Crippen LogP contribution in [-0.2, 0) is 4.74 Å². The predicted octanol–water partition coefficient (Wildman–Crippen LogP) is 3.23. The van der Waals surface area contributed by atoms with Gasteiger partial charge in [0.15, 0.2) is 5.82 Å². The molecule has 1 aromatic heterocycles. The van der Waals surface area contributed by atoms with Gasteiger partial charge in [-0.2, -0.15) is 4.68 Å². The van der Waals surface area contributed by atoms with Crippen LogP contribution in [0.5, 0.6) is 5.75 Å². The number of carbonyl (C=O) groups is 1. The van der Waals surface area contributed by atoms with Crippen LogP contribution in [0.4, 0.5) is 10.6 Å². The van der Waals surface area contributed by atoms with E-state index in [-0.39, 0.29) is 5.82 Å². The second kappa shape index (κ2) is 5.71. The Morgan fingerprint density at radius 3 is 2.32 bits per heavy atom. The van der Waals surface area contributed by atoms with E-state index in [1.807, 2.05) is 24.3 Å². The molecule has 118 valence electrons. The van der Waals surface area contributed by atoms with Crippen molar-refractivity contribution >= 4 is 11.9 Å². The maximum absolute atomic E-state index is 12.2. The number of aromatic nitrogens is 2. The molecular weight excluding hydrogens is 282 g/mol. The standard InChI is InChI=1S/C16H21N3O3/c1-10-13(11-6-8-12(21-5)9-7-11)14(17)18-19(10)15(20)22-16(2,3)4/h6-9H,1-5H3,(H2,17,18). The van der Waals surface area contributed by atoms with E-state index in [1.54, 1.807) is 34.8 Å². The number of nitrogens with two attached hydrogens (primary N) is 1. The number of nitrogens with zero attached hydrogens (tertiary/aromatic N) is 2. The third kappa shape index (κ3) is 3.21. The van der Waals surface area contributed by atoms with Crippen LogP contribution in [0.3, 0.4) is 0 Å². The molecule has 0 atom stereocenters. The van der Waals surface area contributed by atoms with Gasteiger partial charge in [-0.15, -0.1) is 5.10 Å². The topological polar surface area (TPSA) is 79.4 Å². The van der Waals surface area contributed by atoms with Gasteiger partial charge < -0.3 is 15.2 Å². The number of benzene rings is 1. The quantitative estimate of drug-likeness (QED) is 0.921. The summed E-state index contributed by atoms with van der Waals surface area (Å²) in [6, 6.07) is 7.41. The molecule has 1 heterocycles. The third-order valence-corrected chi connectivity index (χ3v) is 3.09. The highest BCUT2D eigenvalue weighted by Gasteiger charge is 2.23. The molecule has 0 radical (unpaired) electrons. The number of hydrogen-bond donors (Lipinski definition) is 1. The van der Waals surface area contributed by atoms with E-state index in [2.05, 4.69) is 5.10 Å². The first-order valence-corrected chi connectivity index (χ1v) is 6.96. The zero-order valence-electron chi connectivity index (χ0n) is 13.5. The molecule has 2 aromatic rings. The number of anilines is 1. The lowest BCUT2D eigenvalue weighted by atomic mass is 10.1. The van der Waals surface area contributed by atoms with Crippen molar-refractivity contribution in [1.82, 2.24) is 9.78 Å². The fourth-order valence-corrected chi connectivity index (χ4v) is 2.12. The number of carbonyl (C=O) groups excluding carboxylic acids is 1. The molecule has 0 spiro atoms. The molecule has 6 nitrogen and oxygen atoms in total. The Morgan fingerprint density at radius 1 is 1.23 bits per heavy atom. The average Bonchev–Trinajstić information content (AvgIpc) is 2.72. The van der Waals surface area contributed by atoms with Gasteiger partial charge >= 0.3 is 6.09 Å². The Hall–Kier alpha value is -2.50. The first-order chi connectivity index (χ1) is 10.2. The van der Waals surface area contributed by atoms with Gasteiger partial charge in [0.2, 0.25) is 0 Å². The summed E-state index contributed by atoms with van der Waals surface area (Å²) >= 11 is 0. The van der Waals surface area contributed by atoms with E-state index in [0.717, 1.165) is 11.3 Å². The van der Waals surface area contributed by atoms with Crippen molar-refractivity contribution in [3.05, 3.63) is 30.0 Å². The zero-order chi connectivity index (χ0) is 16.5. The molecule has 0 aliphatic heterocycles. The van der Waals surface area contributed by atoms with Gasteiger partial charge in [-0.1, -0.05) is 12.1 Å². The summed E-state index contributed by atoms with van der Waals surface area (Å²) in [5, 5.41) is 4.10. The molecule has 0 saturated carbocycles. The van der Waals surface area contributed by atoms with Crippen LogP contribution in [0.15, 0.2) is 24.3 Å². The lowest BCUT2D eigenvalue weighted by Gasteiger charge is -2.19. The molecule has 22 heavy (non-hydrogen) atoms. The number of methoxy groups -OCH3 is 1. The van der Waals surface area contributed by atoms with Crippen molar-refractivity contribution in [1.29, 1.82) is 0 Å². The average molecular weight is 303 g/mol. The second-order valence-corrected chi connectivity index (χ2v) is 5.97. The van der Waals surface area contributed by atoms with E-state index in [4.69, 9.17) is 15.2 Å². The Labute approximate surface area is 129 Å². The Bertz CT molecular complexity index is 682.